The Balaban J connectivity index is 2.44. The monoisotopic (exact) mass is 211 g/mol. The van der Waals surface area contributed by atoms with Gasteiger partial charge in [-0.05, 0) is 44.6 Å². The fourth-order valence-electron chi connectivity index (χ4n) is 2.49. The highest BCUT2D eigenvalue weighted by molar-refractivity contribution is 4.88. The van der Waals surface area contributed by atoms with E-state index in [4.69, 9.17) is 0 Å². The molecule has 0 saturated heterocycles. The number of hydrogen-bond acceptors (Lipinski definition) is 1. The Morgan fingerprint density at radius 2 is 1.87 bits per heavy atom. The van der Waals surface area contributed by atoms with E-state index in [1.165, 1.54) is 38.6 Å². The van der Waals surface area contributed by atoms with Crippen LogP contribution in [0.1, 0.15) is 66.7 Å². The summed E-state index contributed by atoms with van der Waals surface area (Å²) in [5.41, 5.74) is 0.514. The Hall–Kier alpha value is -0.0400. The van der Waals surface area contributed by atoms with Gasteiger partial charge < -0.3 is 0 Å². The third-order valence-electron chi connectivity index (χ3n) is 3.87. The average Bonchev–Trinajstić information content (AvgIpc) is 2.96. The molecule has 0 spiro atoms. The molecule has 15 heavy (non-hydrogen) atoms. The molecule has 1 rings (SSSR count). The quantitative estimate of drug-likeness (QED) is 0.613. The second kappa shape index (κ2) is 5.34. The van der Waals surface area contributed by atoms with Crippen LogP contribution in [0.3, 0.4) is 0 Å². The van der Waals surface area contributed by atoms with Crippen molar-refractivity contribution in [1.29, 1.82) is 0 Å². The molecule has 0 radical (unpaired) electrons. The summed E-state index contributed by atoms with van der Waals surface area (Å²) in [6.45, 7) is 13.1. The van der Waals surface area contributed by atoms with Crippen molar-refractivity contribution in [2.45, 2.75) is 78.8 Å². The summed E-state index contributed by atoms with van der Waals surface area (Å²) in [7, 11) is 0. The van der Waals surface area contributed by atoms with Gasteiger partial charge in [0.25, 0.3) is 0 Å². The molecule has 1 atom stereocenters. The fraction of sp³-hybridized carbons (Fsp3) is 1.00. The Morgan fingerprint density at radius 1 is 1.27 bits per heavy atom. The zero-order valence-electron chi connectivity index (χ0n) is 11.3. The van der Waals surface area contributed by atoms with E-state index in [1.807, 2.05) is 0 Å². The lowest BCUT2D eigenvalue weighted by Gasteiger charge is -2.34. The van der Waals surface area contributed by atoms with Gasteiger partial charge in [-0.2, -0.15) is 0 Å². The van der Waals surface area contributed by atoms with E-state index in [1.54, 1.807) is 0 Å². The van der Waals surface area contributed by atoms with Crippen LogP contribution in [0.2, 0.25) is 0 Å². The predicted molar refractivity (Wildman–Crippen MR) is 68.2 cm³/mol. The van der Waals surface area contributed by atoms with Gasteiger partial charge in [-0.15, -0.1) is 0 Å². The molecule has 0 aromatic rings. The van der Waals surface area contributed by atoms with Gasteiger partial charge in [0.15, 0.2) is 0 Å². The van der Waals surface area contributed by atoms with Crippen LogP contribution >= 0.6 is 0 Å². The smallest absolute Gasteiger partial charge is 0.00992 e. The highest BCUT2D eigenvalue weighted by atomic mass is 15.2. The number of rotatable bonds is 7. The van der Waals surface area contributed by atoms with Crippen molar-refractivity contribution in [2.75, 3.05) is 6.54 Å². The summed E-state index contributed by atoms with van der Waals surface area (Å²) >= 11 is 0. The van der Waals surface area contributed by atoms with Crippen LogP contribution in [-0.4, -0.2) is 23.5 Å². The molecular weight excluding hydrogens is 182 g/mol. The molecule has 1 unspecified atom stereocenters. The van der Waals surface area contributed by atoms with Crippen LogP contribution < -0.4 is 0 Å². The lowest BCUT2D eigenvalue weighted by atomic mass is 9.83. The molecule has 1 heteroatoms. The second-order valence-electron chi connectivity index (χ2n) is 6.04. The minimum atomic E-state index is 0.514. The summed E-state index contributed by atoms with van der Waals surface area (Å²) in [5.74, 6) is 0. The van der Waals surface area contributed by atoms with Gasteiger partial charge in [0.1, 0.15) is 0 Å². The normalized spacial score (nSPS) is 19.6. The van der Waals surface area contributed by atoms with Crippen molar-refractivity contribution in [3.05, 3.63) is 0 Å². The van der Waals surface area contributed by atoms with E-state index in [0.29, 0.717) is 5.41 Å². The van der Waals surface area contributed by atoms with Crippen LogP contribution in [0.5, 0.6) is 0 Å². The summed E-state index contributed by atoms with van der Waals surface area (Å²) in [6.07, 6.45) is 6.82. The van der Waals surface area contributed by atoms with Gasteiger partial charge in [-0.25, -0.2) is 0 Å². The van der Waals surface area contributed by atoms with Crippen LogP contribution in [-0.2, 0) is 0 Å². The molecule has 1 fully saturated rings. The Bertz CT molecular complexity index is 182. The first-order valence-corrected chi connectivity index (χ1v) is 6.76. The van der Waals surface area contributed by atoms with E-state index >= 15 is 0 Å². The minimum absolute atomic E-state index is 0.514. The maximum atomic E-state index is 2.75. The van der Waals surface area contributed by atoms with Crippen molar-refractivity contribution in [3.8, 4) is 0 Å². The van der Waals surface area contributed by atoms with Gasteiger partial charge in [-0.3, -0.25) is 4.90 Å². The zero-order valence-corrected chi connectivity index (χ0v) is 11.3. The molecule has 1 aliphatic carbocycles. The largest absolute Gasteiger partial charge is 0.298 e. The second-order valence-corrected chi connectivity index (χ2v) is 6.04. The molecule has 0 aliphatic heterocycles. The third-order valence-corrected chi connectivity index (χ3v) is 3.87. The Labute approximate surface area is 96.2 Å². The molecule has 0 N–H and O–H groups in total. The molecule has 1 nitrogen and oxygen atoms in total. The Morgan fingerprint density at radius 3 is 2.27 bits per heavy atom. The average molecular weight is 211 g/mol. The van der Waals surface area contributed by atoms with Crippen LogP contribution in [0, 0.1) is 5.41 Å². The van der Waals surface area contributed by atoms with Crippen molar-refractivity contribution in [3.63, 3.8) is 0 Å². The first kappa shape index (κ1) is 13.0. The summed E-state index contributed by atoms with van der Waals surface area (Å²) in [5, 5.41) is 0. The molecule has 1 saturated carbocycles. The maximum absolute atomic E-state index is 2.75. The lowest BCUT2D eigenvalue weighted by molar-refractivity contribution is 0.142. The van der Waals surface area contributed by atoms with Crippen molar-refractivity contribution >= 4 is 0 Å². The molecule has 0 aromatic heterocycles. The summed E-state index contributed by atoms with van der Waals surface area (Å²) in [6, 6.07) is 1.69. The Kier molecular flexibility index (Phi) is 4.64. The SMILES string of the molecule is CCCN(C(C)CC(C)(C)CC)C1CC1. The maximum Gasteiger partial charge on any atom is 0.00992 e. The minimum Gasteiger partial charge on any atom is -0.298 e. The van der Waals surface area contributed by atoms with Gasteiger partial charge in [0, 0.05) is 12.1 Å². The number of nitrogens with zero attached hydrogens (tertiary/aromatic N) is 1. The summed E-state index contributed by atoms with van der Waals surface area (Å²) in [4.78, 5) is 2.75. The molecule has 0 aromatic carbocycles. The van der Waals surface area contributed by atoms with Crippen LogP contribution in [0.15, 0.2) is 0 Å². The van der Waals surface area contributed by atoms with Crippen molar-refractivity contribution in [1.82, 2.24) is 4.90 Å². The highest BCUT2D eigenvalue weighted by Gasteiger charge is 2.33. The standard InChI is InChI=1S/C14H29N/c1-6-10-15(13-8-9-13)12(3)11-14(4,5)7-2/h12-13H,6-11H2,1-5H3. The fourth-order valence-corrected chi connectivity index (χ4v) is 2.49. The first-order valence-electron chi connectivity index (χ1n) is 6.76. The van der Waals surface area contributed by atoms with Gasteiger partial charge >= 0.3 is 0 Å². The topological polar surface area (TPSA) is 3.24 Å². The predicted octanol–water partition coefficient (Wildman–Crippen LogP) is 4.08. The van der Waals surface area contributed by atoms with Gasteiger partial charge in [-0.1, -0.05) is 34.1 Å². The highest BCUT2D eigenvalue weighted by Crippen LogP contribution is 2.34. The van der Waals surface area contributed by atoms with Crippen molar-refractivity contribution < 1.29 is 0 Å². The molecule has 0 amide bonds. The van der Waals surface area contributed by atoms with E-state index in [-0.39, 0.29) is 0 Å². The third kappa shape index (κ3) is 4.14. The first-order chi connectivity index (χ1) is 7.00. The number of hydrogen-bond donors (Lipinski definition) is 0. The molecule has 90 valence electrons. The zero-order chi connectivity index (χ0) is 11.5. The van der Waals surface area contributed by atoms with Crippen LogP contribution in [0.25, 0.3) is 0 Å². The van der Waals surface area contributed by atoms with Crippen LogP contribution in [0.4, 0.5) is 0 Å². The molecular formula is C14H29N. The lowest BCUT2D eigenvalue weighted by Crippen LogP contribution is -2.38. The van der Waals surface area contributed by atoms with E-state index in [9.17, 15) is 0 Å². The molecule has 1 aliphatic rings. The molecule has 0 bridgehead atoms. The van der Waals surface area contributed by atoms with E-state index < -0.39 is 0 Å². The van der Waals surface area contributed by atoms with E-state index in [0.717, 1.165) is 12.1 Å². The van der Waals surface area contributed by atoms with Gasteiger partial charge in [0.2, 0.25) is 0 Å². The van der Waals surface area contributed by atoms with E-state index in [2.05, 4.69) is 39.5 Å². The summed E-state index contributed by atoms with van der Waals surface area (Å²) < 4.78 is 0. The van der Waals surface area contributed by atoms with Crippen molar-refractivity contribution in [2.24, 2.45) is 5.41 Å². The molecule has 0 heterocycles. The van der Waals surface area contributed by atoms with Gasteiger partial charge in [0.05, 0.1) is 0 Å².